The highest BCUT2D eigenvalue weighted by Crippen LogP contribution is 2.34. The van der Waals surface area contributed by atoms with Crippen molar-refractivity contribution in [3.05, 3.63) is 23.8 Å². The lowest BCUT2D eigenvalue weighted by molar-refractivity contribution is 0.318. The molecule has 1 fully saturated rings. The molecule has 20 heavy (non-hydrogen) atoms. The van der Waals surface area contributed by atoms with Crippen molar-refractivity contribution in [2.45, 2.75) is 38.0 Å². The lowest BCUT2D eigenvalue weighted by Gasteiger charge is -2.34. The van der Waals surface area contributed by atoms with Crippen LogP contribution in [0, 0.1) is 5.92 Å². The number of nitrogens with zero attached hydrogens (tertiary/aromatic N) is 1. The molecule has 1 aromatic carbocycles. The van der Waals surface area contributed by atoms with E-state index in [1.165, 1.54) is 29.8 Å². The average molecular weight is 309 g/mol. The maximum absolute atomic E-state index is 6.01. The Kier molecular flexibility index (Phi) is 5.73. The van der Waals surface area contributed by atoms with Gasteiger partial charge >= 0.3 is 0 Å². The molecule has 2 nitrogen and oxygen atoms in total. The van der Waals surface area contributed by atoms with E-state index in [2.05, 4.69) is 36.9 Å². The standard InChI is InChI=1S/C16H24N2S2/c1-3-18(11-12-7-5-8-12)13-9-6-10-14(20-4-2)15(13)16(17)19/h6,9-10,12H,3-5,7-8,11H2,1-2H3,(H2,17,19). The molecule has 4 heteroatoms. The minimum absolute atomic E-state index is 0.517. The quantitative estimate of drug-likeness (QED) is 0.607. The molecule has 0 aliphatic heterocycles. The van der Waals surface area contributed by atoms with Crippen molar-refractivity contribution in [1.82, 2.24) is 0 Å². The predicted molar refractivity (Wildman–Crippen MR) is 94.0 cm³/mol. The third-order valence-electron chi connectivity index (χ3n) is 3.98. The molecule has 0 unspecified atom stereocenters. The summed E-state index contributed by atoms with van der Waals surface area (Å²) in [5.41, 5.74) is 8.29. The van der Waals surface area contributed by atoms with E-state index in [0.29, 0.717) is 4.99 Å². The fourth-order valence-electron chi connectivity index (χ4n) is 2.69. The summed E-state index contributed by atoms with van der Waals surface area (Å²) in [7, 11) is 0. The van der Waals surface area contributed by atoms with Crippen LogP contribution in [-0.2, 0) is 0 Å². The van der Waals surface area contributed by atoms with Crippen molar-refractivity contribution >= 4 is 34.7 Å². The van der Waals surface area contributed by atoms with Gasteiger partial charge in [-0.05, 0) is 43.6 Å². The number of hydrogen-bond donors (Lipinski definition) is 1. The van der Waals surface area contributed by atoms with E-state index in [1.54, 1.807) is 0 Å². The van der Waals surface area contributed by atoms with Gasteiger partial charge in [-0.2, -0.15) is 0 Å². The topological polar surface area (TPSA) is 29.3 Å². The lowest BCUT2D eigenvalue weighted by atomic mass is 9.85. The zero-order valence-electron chi connectivity index (χ0n) is 12.4. The maximum atomic E-state index is 6.01. The third-order valence-corrected chi connectivity index (χ3v) is 5.12. The summed E-state index contributed by atoms with van der Waals surface area (Å²) < 4.78 is 0. The molecule has 0 aromatic heterocycles. The molecule has 1 aliphatic rings. The molecule has 0 saturated heterocycles. The number of rotatable bonds is 7. The second-order valence-electron chi connectivity index (χ2n) is 5.28. The fourth-order valence-corrected chi connectivity index (χ4v) is 3.82. The molecule has 1 aliphatic carbocycles. The zero-order valence-corrected chi connectivity index (χ0v) is 14.0. The Hall–Kier alpha value is -0.740. The highest BCUT2D eigenvalue weighted by atomic mass is 32.2. The molecule has 0 amide bonds. The fraction of sp³-hybridized carbons (Fsp3) is 0.562. The normalized spacial score (nSPS) is 14.9. The molecule has 0 radical (unpaired) electrons. The van der Waals surface area contributed by atoms with Gasteiger partial charge in [0.05, 0.1) is 0 Å². The van der Waals surface area contributed by atoms with Crippen LogP contribution in [0.3, 0.4) is 0 Å². The molecular weight excluding hydrogens is 284 g/mol. The van der Waals surface area contributed by atoms with Gasteiger partial charge in [-0.3, -0.25) is 0 Å². The lowest BCUT2D eigenvalue weighted by Crippen LogP contribution is -2.34. The first-order valence-corrected chi connectivity index (χ1v) is 8.87. The molecule has 0 spiro atoms. The van der Waals surface area contributed by atoms with Gasteiger partial charge in [0, 0.05) is 29.2 Å². The summed E-state index contributed by atoms with van der Waals surface area (Å²) in [6, 6.07) is 6.41. The van der Waals surface area contributed by atoms with Crippen LogP contribution < -0.4 is 10.6 Å². The van der Waals surface area contributed by atoms with E-state index >= 15 is 0 Å². The predicted octanol–water partition coefficient (Wildman–Crippen LogP) is 4.06. The van der Waals surface area contributed by atoms with Crippen molar-refractivity contribution in [2.75, 3.05) is 23.7 Å². The molecule has 0 heterocycles. The smallest absolute Gasteiger partial charge is 0.107 e. The molecule has 0 bridgehead atoms. The number of benzene rings is 1. The molecule has 110 valence electrons. The van der Waals surface area contributed by atoms with Gasteiger partial charge in [-0.15, -0.1) is 11.8 Å². The summed E-state index contributed by atoms with van der Waals surface area (Å²) in [6.45, 7) is 6.51. The first-order valence-electron chi connectivity index (χ1n) is 7.47. The van der Waals surface area contributed by atoms with E-state index < -0.39 is 0 Å². The number of hydrogen-bond acceptors (Lipinski definition) is 3. The van der Waals surface area contributed by atoms with E-state index in [0.717, 1.165) is 30.3 Å². The largest absolute Gasteiger partial charge is 0.389 e. The number of thiocarbonyl (C=S) groups is 1. The van der Waals surface area contributed by atoms with Crippen LogP contribution in [-0.4, -0.2) is 23.8 Å². The van der Waals surface area contributed by atoms with Gasteiger partial charge in [-0.1, -0.05) is 31.6 Å². The van der Waals surface area contributed by atoms with Crippen molar-refractivity contribution in [1.29, 1.82) is 0 Å². The first-order chi connectivity index (χ1) is 9.67. The highest BCUT2D eigenvalue weighted by Gasteiger charge is 2.22. The van der Waals surface area contributed by atoms with E-state index in [1.807, 2.05) is 11.8 Å². The van der Waals surface area contributed by atoms with E-state index in [9.17, 15) is 0 Å². The Bertz CT molecular complexity index is 470. The number of anilines is 1. The minimum atomic E-state index is 0.517. The van der Waals surface area contributed by atoms with Gasteiger partial charge in [0.25, 0.3) is 0 Å². The van der Waals surface area contributed by atoms with Crippen molar-refractivity contribution in [3.63, 3.8) is 0 Å². The Morgan fingerprint density at radius 1 is 1.40 bits per heavy atom. The minimum Gasteiger partial charge on any atom is -0.389 e. The van der Waals surface area contributed by atoms with Crippen LogP contribution in [0.25, 0.3) is 0 Å². The molecule has 1 saturated carbocycles. The number of nitrogens with two attached hydrogens (primary N) is 1. The highest BCUT2D eigenvalue weighted by molar-refractivity contribution is 7.99. The Labute approximate surface area is 132 Å². The van der Waals surface area contributed by atoms with Crippen molar-refractivity contribution in [2.24, 2.45) is 11.7 Å². The van der Waals surface area contributed by atoms with E-state index in [-0.39, 0.29) is 0 Å². The van der Waals surface area contributed by atoms with Gasteiger partial charge in [0.1, 0.15) is 4.99 Å². The van der Waals surface area contributed by atoms with Crippen LogP contribution in [0.5, 0.6) is 0 Å². The maximum Gasteiger partial charge on any atom is 0.107 e. The summed E-state index contributed by atoms with van der Waals surface area (Å²) >= 11 is 7.13. The molecule has 1 aromatic rings. The Morgan fingerprint density at radius 3 is 2.65 bits per heavy atom. The van der Waals surface area contributed by atoms with Gasteiger partial charge < -0.3 is 10.6 Å². The van der Waals surface area contributed by atoms with Gasteiger partial charge in [-0.25, -0.2) is 0 Å². The second-order valence-corrected chi connectivity index (χ2v) is 7.03. The number of thioether (sulfide) groups is 1. The van der Waals surface area contributed by atoms with E-state index in [4.69, 9.17) is 18.0 Å². The summed E-state index contributed by atoms with van der Waals surface area (Å²) in [4.78, 5) is 4.17. The van der Waals surface area contributed by atoms with Crippen LogP contribution in [0.2, 0.25) is 0 Å². The van der Waals surface area contributed by atoms with Gasteiger partial charge in [0.15, 0.2) is 0 Å². The van der Waals surface area contributed by atoms with Crippen LogP contribution in [0.4, 0.5) is 5.69 Å². The van der Waals surface area contributed by atoms with Crippen LogP contribution in [0.15, 0.2) is 23.1 Å². The van der Waals surface area contributed by atoms with Crippen molar-refractivity contribution in [3.8, 4) is 0 Å². The average Bonchev–Trinajstić information content (AvgIpc) is 2.37. The zero-order chi connectivity index (χ0) is 14.5. The first kappa shape index (κ1) is 15.6. The van der Waals surface area contributed by atoms with Gasteiger partial charge in [0.2, 0.25) is 0 Å². The molecule has 2 rings (SSSR count). The third kappa shape index (κ3) is 3.47. The molecular formula is C16H24N2S2. The van der Waals surface area contributed by atoms with Crippen LogP contribution >= 0.6 is 24.0 Å². The summed E-state index contributed by atoms with van der Waals surface area (Å²) in [5, 5.41) is 0. The monoisotopic (exact) mass is 308 g/mol. The Morgan fingerprint density at radius 2 is 2.15 bits per heavy atom. The summed E-state index contributed by atoms with van der Waals surface area (Å²) in [6.07, 6.45) is 4.11. The SMILES string of the molecule is CCSc1cccc(N(CC)CC2CCC2)c1C(N)=S. The summed E-state index contributed by atoms with van der Waals surface area (Å²) in [5.74, 6) is 1.88. The van der Waals surface area contributed by atoms with Crippen molar-refractivity contribution < 1.29 is 0 Å². The Balaban J connectivity index is 2.31. The molecule has 2 N–H and O–H groups in total. The second kappa shape index (κ2) is 7.32. The molecule has 0 atom stereocenters. The van der Waals surface area contributed by atoms with Crippen LogP contribution in [0.1, 0.15) is 38.7 Å².